The normalized spacial score (nSPS) is 18.4. The van der Waals surface area contributed by atoms with Gasteiger partial charge in [0.25, 0.3) is 0 Å². The summed E-state index contributed by atoms with van der Waals surface area (Å²) >= 11 is 6.05. The monoisotopic (exact) mass is 384 g/mol. The van der Waals surface area contributed by atoms with Crippen molar-refractivity contribution in [3.05, 3.63) is 28.9 Å². The van der Waals surface area contributed by atoms with Gasteiger partial charge in [-0.05, 0) is 37.5 Å². The highest BCUT2D eigenvalue weighted by Gasteiger charge is 2.46. The zero-order valence-corrected chi connectivity index (χ0v) is 16.1. The van der Waals surface area contributed by atoms with Crippen molar-refractivity contribution < 1.29 is 5.11 Å². The molecule has 5 rings (SSSR count). The third-order valence-corrected chi connectivity index (χ3v) is 6.07. The number of nitrogens with zero attached hydrogens (tertiary/aromatic N) is 5. The van der Waals surface area contributed by atoms with Gasteiger partial charge in [-0.3, -0.25) is 0 Å². The highest BCUT2D eigenvalue weighted by molar-refractivity contribution is 6.31. The number of imidazole rings is 1. The molecule has 2 saturated heterocycles. The van der Waals surface area contributed by atoms with Crippen LogP contribution >= 0.6 is 11.6 Å². The largest absolute Gasteiger partial charge is 0.507 e. The first-order chi connectivity index (χ1) is 13.0. The zero-order valence-electron chi connectivity index (χ0n) is 15.3. The first-order valence-corrected chi connectivity index (χ1v) is 9.54. The number of nitrogens with one attached hydrogen (secondary N) is 1. The highest BCUT2D eigenvalue weighted by atomic mass is 35.5. The van der Waals surface area contributed by atoms with Crippen molar-refractivity contribution in [3.63, 3.8) is 0 Å². The molecule has 0 unspecified atom stereocenters. The maximum Gasteiger partial charge on any atom is 0.200 e. The highest BCUT2D eigenvalue weighted by Crippen LogP contribution is 2.38. The van der Waals surface area contributed by atoms with Gasteiger partial charge in [-0.15, -0.1) is 0 Å². The van der Waals surface area contributed by atoms with E-state index in [1.807, 2.05) is 30.8 Å². The van der Waals surface area contributed by atoms with Crippen LogP contribution in [0.5, 0.6) is 5.75 Å². The molecule has 2 aromatic heterocycles. The fourth-order valence-corrected chi connectivity index (χ4v) is 4.67. The van der Waals surface area contributed by atoms with Crippen LogP contribution in [0.25, 0.3) is 22.7 Å². The SMILES string of the molecule is Cc1cc(Cl)cc(O)c1-c1nc2nc(N3CCCC34CNC4)cnc2n1C. The van der Waals surface area contributed by atoms with Gasteiger partial charge in [-0.2, -0.15) is 0 Å². The average Bonchev–Trinajstić information content (AvgIpc) is 3.16. The number of phenols is 1. The van der Waals surface area contributed by atoms with E-state index in [1.54, 1.807) is 0 Å². The van der Waals surface area contributed by atoms with Crippen LogP contribution in [0.4, 0.5) is 5.82 Å². The van der Waals surface area contributed by atoms with Gasteiger partial charge in [-0.1, -0.05) is 11.6 Å². The van der Waals surface area contributed by atoms with Crippen LogP contribution in [-0.2, 0) is 7.05 Å². The summed E-state index contributed by atoms with van der Waals surface area (Å²) in [6.07, 6.45) is 4.20. The Morgan fingerprint density at radius 2 is 2.07 bits per heavy atom. The van der Waals surface area contributed by atoms with Gasteiger partial charge in [0.1, 0.15) is 17.4 Å². The van der Waals surface area contributed by atoms with E-state index in [2.05, 4.69) is 15.2 Å². The first kappa shape index (κ1) is 16.8. The summed E-state index contributed by atoms with van der Waals surface area (Å²) in [5, 5.41) is 14.3. The molecule has 2 aliphatic heterocycles. The average molecular weight is 385 g/mol. The van der Waals surface area contributed by atoms with Crippen molar-refractivity contribution in [2.45, 2.75) is 25.3 Å². The van der Waals surface area contributed by atoms with Gasteiger partial charge in [0.05, 0.1) is 17.3 Å². The van der Waals surface area contributed by atoms with Crippen molar-refractivity contribution in [3.8, 4) is 17.1 Å². The fourth-order valence-electron chi connectivity index (χ4n) is 4.40. The van der Waals surface area contributed by atoms with E-state index in [1.165, 1.54) is 18.9 Å². The van der Waals surface area contributed by atoms with Crippen LogP contribution in [-0.4, -0.2) is 49.8 Å². The number of hydrogen-bond acceptors (Lipinski definition) is 6. The number of phenolic OH excluding ortho intramolecular Hbond substituents is 1. The molecule has 8 heteroatoms. The quantitative estimate of drug-likeness (QED) is 0.707. The van der Waals surface area contributed by atoms with Gasteiger partial charge in [0.2, 0.25) is 0 Å². The lowest BCUT2D eigenvalue weighted by Gasteiger charge is -2.46. The molecular formula is C19H21ClN6O. The van der Waals surface area contributed by atoms with Crippen LogP contribution in [0.15, 0.2) is 18.3 Å². The summed E-state index contributed by atoms with van der Waals surface area (Å²) in [4.78, 5) is 16.5. The summed E-state index contributed by atoms with van der Waals surface area (Å²) < 4.78 is 1.87. The standard InChI is InChI=1S/C19H21ClN6O/c1-11-6-12(20)7-13(27)15(11)17-24-16-18(25(17)2)22-8-14(23-16)26-5-3-4-19(26)9-21-10-19/h6-8,21,27H,3-5,9-10H2,1-2H3. The Bertz CT molecular complexity index is 1030. The van der Waals surface area contributed by atoms with Crippen LogP contribution < -0.4 is 10.2 Å². The lowest BCUT2D eigenvalue weighted by molar-refractivity contribution is 0.281. The van der Waals surface area contributed by atoms with E-state index in [0.717, 1.165) is 31.0 Å². The molecule has 7 nitrogen and oxygen atoms in total. The molecule has 4 heterocycles. The van der Waals surface area contributed by atoms with Crippen LogP contribution in [0, 0.1) is 6.92 Å². The van der Waals surface area contributed by atoms with Gasteiger partial charge in [0, 0.05) is 31.7 Å². The Hall–Kier alpha value is -2.38. The number of halogens is 1. The molecule has 0 radical (unpaired) electrons. The van der Waals surface area contributed by atoms with Crippen molar-refractivity contribution >= 4 is 28.7 Å². The summed E-state index contributed by atoms with van der Waals surface area (Å²) in [5.41, 5.74) is 2.99. The number of fused-ring (bicyclic) bond motifs is 1. The molecule has 2 fully saturated rings. The molecule has 0 saturated carbocycles. The lowest BCUT2D eigenvalue weighted by Crippen LogP contribution is -2.66. The van der Waals surface area contributed by atoms with Crippen LogP contribution in [0.1, 0.15) is 18.4 Å². The third-order valence-electron chi connectivity index (χ3n) is 5.85. The number of benzene rings is 1. The molecule has 0 amide bonds. The second-order valence-electron chi connectivity index (χ2n) is 7.57. The summed E-state index contributed by atoms with van der Waals surface area (Å²) in [6, 6.07) is 3.35. The van der Waals surface area contributed by atoms with E-state index in [0.29, 0.717) is 27.7 Å². The van der Waals surface area contributed by atoms with E-state index < -0.39 is 0 Å². The summed E-state index contributed by atoms with van der Waals surface area (Å²) in [5.74, 6) is 1.62. The Balaban J connectivity index is 1.62. The Morgan fingerprint density at radius 3 is 2.78 bits per heavy atom. The predicted molar refractivity (Wildman–Crippen MR) is 105 cm³/mol. The smallest absolute Gasteiger partial charge is 0.200 e. The van der Waals surface area contributed by atoms with E-state index in [4.69, 9.17) is 21.6 Å². The number of rotatable bonds is 2. The minimum absolute atomic E-state index is 0.109. The first-order valence-electron chi connectivity index (χ1n) is 9.16. The third kappa shape index (κ3) is 2.41. The van der Waals surface area contributed by atoms with E-state index in [9.17, 15) is 5.11 Å². The molecule has 1 spiro atoms. The Labute approximate surface area is 162 Å². The molecule has 0 atom stereocenters. The van der Waals surface area contributed by atoms with Crippen LogP contribution in [0.2, 0.25) is 5.02 Å². The molecule has 140 valence electrons. The number of aryl methyl sites for hydroxylation is 2. The summed E-state index contributed by atoms with van der Waals surface area (Å²) in [7, 11) is 1.89. The molecule has 2 N–H and O–H groups in total. The fraction of sp³-hybridized carbons (Fsp3) is 0.421. The van der Waals surface area contributed by atoms with Gasteiger partial charge >= 0.3 is 0 Å². The van der Waals surface area contributed by atoms with Crippen molar-refractivity contribution in [2.75, 3.05) is 24.5 Å². The van der Waals surface area contributed by atoms with E-state index >= 15 is 0 Å². The van der Waals surface area contributed by atoms with Crippen molar-refractivity contribution in [1.29, 1.82) is 0 Å². The van der Waals surface area contributed by atoms with Crippen molar-refractivity contribution in [1.82, 2.24) is 24.8 Å². The van der Waals surface area contributed by atoms with Gasteiger partial charge in [-0.25, -0.2) is 15.0 Å². The Kier molecular flexibility index (Phi) is 3.61. The maximum absolute atomic E-state index is 10.4. The molecule has 0 aliphatic carbocycles. The number of hydrogen-bond donors (Lipinski definition) is 2. The minimum Gasteiger partial charge on any atom is -0.507 e. The molecule has 3 aromatic rings. The number of aromatic hydroxyl groups is 1. The second-order valence-corrected chi connectivity index (χ2v) is 8.01. The predicted octanol–water partition coefficient (Wildman–Crippen LogP) is 2.64. The minimum atomic E-state index is 0.109. The van der Waals surface area contributed by atoms with E-state index in [-0.39, 0.29) is 11.3 Å². The molecular weight excluding hydrogens is 364 g/mol. The lowest BCUT2D eigenvalue weighted by atomic mass is 9.89. The Morgan fingerprint density at radius 1 is 1.26 bits per heavy atom. The van der Waals surface area contributed by atoms with Crippen molar-refractivity contribution in [2.24, 2.45) is 7.05 Å². The molecule has 2 aliphatic rings. The van der Waals surface area contributed by atoms with Gasteiger partial charge in [0.15, 0.2) is 11.3 Å². The van der Waals surface area contributed by atoms with Gasteiger partial charge < -0.3 is 19.9 Å². The molecule has 1 aromatic carbocycles. The molecule has 0 bridgehead atoms. The maximum atomic E-state index is 10.4. The zero-order chi connectivity index (χ0) is 18.8. The number of anilines is 1. The van der Waals surface area contributed by atoms with Crippen LogP contribution in [0.3, 0.4) is 0 Å². The molecule has 27 heavy (non-hydrogen) atoms. The second kappa shape index (κ2) is 5.81. The number of aromatic nitrogens is 4. The topological polar surface area (TPSA) is 79.1 Å². The summed E-state index contributed by atoms with van der Waals surface area (Å²) in [6.45, 7) is 4.90.